The van der Waals surface area contributed by atoms with Crippen LogP contribution in [0, 0.1) is 0 Å². The number of benzene rings is 2. The van der Waals surface area contributed by atoms with Crippen LogP contribution in [0.25, 0.3) is 0 Å². The van der Waals surface area contributed by atoms with Gasteiger partial charge in [-0.3, -0.25) is 4.79 Å². The lowest BCUT2D eigenvalue weighted by Crippen LogP contribution is -2.31. The highest BCUT2D eigenvalue weighted by atomic mass is 32.2. The van der Waals surface area contributed by atoms with Gasteiger partial charge in [0.05, 0.1) is 18.4 Å². The van der Waals surface area contributed by atoms with Gasteiger partial charge in [-0.25, -0.2) is 8.42 Å². The van der Waals surface area contributed by atoms with Crippen molar-refractivity contribution in [2.24, 2.45) is 0 Å². The topological polar surface area (TPSA) is 75.7 Å². The largest absolute Gasteiger partial charge is 0.495 e. The molecular weight excluding hydrogens is 409 g/mol. The molecule has 2 rings (SSSR count). The maximum Gasteiger partial charge on any atom is 0.418 e. The number of nitrogens with zero attached hydrogens (tertiary/aromatic N) is 1. The minimum absolute atomic E-state index is 0.0316. The Hall–Kier alpha value is -2.59. The number of methoxy groups -OCH3 is 1. The van der Waals surface area contributed by atoms with E-state index in [0.717, 1.165) is 18.2 Å². The third-order valence-corrected chi connectivity index (χ3v) is 6.30. The van der Waals surface area contributed by atoms with Crippen molar-refractivity contribution in [1.82, 2.24) is 4.31 Å². The predicted octanol–water partition coefficient (Wildman–Crippen LogP) is 4.00. The van der Waals surface area contributed by atoms with Crippen molar-refractivity contribution in [2.45, 2.75) is 24.9 Å². The lowest BCUT2D eigenvalue weighted by Gasteiger charge is -2.20. The van der Waals surface area contributed by atoms with Gasteiger partial charge in [-0.15, -0.1) is 0 Å². The number of ether oxygens (including phenoxy) is 1. The predicted molar refractivity (Wildman–Crippen MR) is 102 cm³/mol. The minimum atomic E-state index is -4.65. The zero-order valence-electron chi connectivity index (χ0n) is 16.1. The SMILES string of the molecule is CCN(CC)S(=O)(=O)c1cc(C(=O)Nc2ccccc2C(F)(F)F)ccc1OC. The highest BCUT2D eigenvalue weighted by Crippen LogP contribution is 2.35. The summed E-state index contributed by atoms with van der Waals surface area (Å²) in [6.07, 6.45) is -4.65. The van der Waals surface area contributed by atoms with Gasteiger partial charge in [0.1, 0.15) is 10.6 Å². The van der Waals surface area contributed by atoms with E-state index in [-0.39, 0.29) is 29.3 Å². The van der Waals surface area contributed by atoms with Crippen LogP contribution >= 0.6 is 0 Å². The molecule has 0 bridgehead atoms. The van der Waals surface area contributed by atoms with E-state index in [4.69, 9.17) is 4.74 Å². The molecule has 0 atom stereocenters. The highest BCUT2D eigenvalue weighted by Gasteiger charge is 2.34. The summed E-state index contributed by atoms with van der Waals surface area (Å²) in [6, 6.07) is 8.21. The Bertz CT molecular complexity index is 987. The van der Waals surface area contributed by atoms with Crippen molar-refractivity contribution in [3.8, 4) is 5.75 Å². The van der Waals surface area contributed by atoms with Gasteiger partial charge in [0, 0.05) is 18.7 Å². The summed E-state index contributed by atoms with van der Waals surface area (Å²) < 4.78 is 71.4. The normalized spacial score (nSPS) is 12.1. The fraction of sp³-hybridized carbons (Fsp3) is 0.316. The Labute approximate surface area is 167 Å². The first-order chi connectivity index (χ1) is 13.6. The Morgan fingerprint density at radius 1 is 1.10 bits per heavy atom. The number of rotatable bonds is 7. The first-order valence-electron chi connectivity index (χ1n) is 8.72. The van der Waals surface area contributed by atoms with Crippen LogP contribution in [0.4, 0.5) is 18.9 Å². The van der Waals surface area contributed by atoms with Gasteiger partial charge >= 0.3 is 6.18 Å². The third-order valence-electron chi connectivity index (χ3n) is 4.23. The molecule has 0 heterocycles. The number of carbonyl (C=O) groups excluding carboxylic acids is 1. The molecule has 0 saturated heterocycles. The molecule has 6 nitrogen and oxygen atoms in total. The highest BCUT2D eigenvalue weighted by molar-refractivity contribution is 7.89. The van der Waals surface area contributed by atoms with Crippen LogP contribution < -0.4 is 10.1 Å². The van der Waals surface area contributed by atoms with Crippen LogP contribution in [-0.4, -0.2) is 38.8 Å². The van der Waals surface area contributed by atoms with Gasteiger partial charge in [0.15, 0.2) is 0 Å². The molecule has 29 heavy (non-hydrogen) atoms. The fourth-order valence-corrected chi connectivity index (χ4v) is 4.40. The van der Waals surface area contributed by atoms with Crippen LogP contribution in [0.3, 0.4) is 0 Å². The number of amides is 1. The molecule has 2 aromatic carbocycles. The van der Waals surface area contributed by atoms with Crippen molar-refractivity contribution in [2.75, 3.05) is 25.5 Å². The number of sulfonamides is 1. The third kappa shape index (κ3) is 4.88. The van der Waals surface area contributed by atoms with Crippen LogP contribution in [0.15, 0.2) is 47.4 Å². The number of halogens is 3. The van der Waals surface area contributed by atoms with Crippen molar-refractivity contribution in [3.05, 3.63) is 53.6 Å². The fourth-order valence-electron chi connectivity index (χ4n) is 2.76. The summed E-state index contributed by atoms with van der Waals surface area (Å²) in [5.74, 6) is -0.843. The molecule has 0 spiro atoms. The second-order valence-corrected chi connectivity index (χ2v) is 7.86. The van der Waals surface area contributed by atoms with E-state index < -0.39 is 33.4 Å². The van der Waals surface area contributed by atoms with Crippen LogP contribution in [0.1, 0.15) is 29.8 Å². The molecule has 2 aromatic rings. The molecule has 0 radical (unpaired) electrons. The van der Waals surface area contributed by atoms with E-state index in [1.807, 2.05) is 0 Å². The van der Waals surface area contributed by atoms with Crippen molar-refractivity contribution in [3.63, 3.8) is 0 Å². The number of carbonyl (C=O) groups is 1. The zero-order valence-corrected chi connectivity index (χ0v) is 16.9. The van der Waals surface area contributed by atoms with Gasteiger partial charge in [0.2, 0.25) is 10.0 Å². The van der Waals surface area contributed by atoms with Gasteiger partial charge in [-0.05, 0) is 30.3 Å². The van der Waals surface area contributed by atoms with Crippen LogP contribution in [0.2, 0.25) is 0 Å². The Morgan fingerprint density at radius 2 is 1.72 bits per heavy atom. The lowest BCUT2D eigenvalue weighted by molar-refractivity contribution is -0.136. The molecule has 158 valence electrons. The van der Waals surface area contributed by atoms with Gasteiger partial charge in [0.25, 0.3) is 5.91 Å². The van der Waals surface area contributed by atoms with Crippen molar-refractivity contribution >= 4 is 21.6 Å². The first-order valence-corrected chi connectivity index (χ1v) is 10.2. The second kappa shape index (κ2) is 8.83. The number of para-hydroxylation sites is 1. The summed E-state index contributed by atoms with van der Waals surface area (Å²) in [5, 5.41) is 2.20. The van der Waals surface area contributed by atoms with E-state index in [1.54, 1.807) is 13.8 Å². The maximum atomic E-state index is 13.1. The maximum absolute atomic E-state index is 13.1. The van der Waals surface area contributed by atoms with Gasteiger partial charge in [-0.2, -0.15) is 17.5 Å². The van der Waals surface area contributed by atoms with E-state index in [0.29, 0.717) is 0 Å². The number of alkyl halides is 3. The molecule has 0 aromatic heterocycles. The summed E-state index contributed by atoms with van der Waals surface area (Å²) in [4.78, 5) is 12.3. The van der Waals surface area contributed by atoms with Gasteiger partial charge < -0.3 is 10.1 Å². The molecule has 0 saturated carbocycles. The lowest BCUT2D eigenvalue weighted by atomic mass is 10.1. The number of anilines is 1. The Kier molecular flexibility index (Phi) is 6.91. The molecule has 10 heteroatoms. The van der Waals surface area contributed by atoms with Crippen LogP contribution in [-0.2, 0) is 16.2 Å². The van der Waals surface area contributed by atoms with E-state index in [9.17, 15) is 26.4 Å². The van der Waals surface area contributed by atoms with E-state index in [1.165, 1.54) is 35.7 Å². The number of nitrogens with one attached hydrogen (secondary N) is 1. The van der Waals surface area contributed by atoms with Gasteiger partial charge in [-0.1, -0.05) is 26.0 Å². The number of hydrogen-bond acceptors (Lipinski definition) is 4. The van der Waals surface area contributed by atoms with E-state index >= 15 is 0 Å². The molecule has 1 N–H and O–H groups in total. The summed E-state index contributed by atoms with van der Waals surface area (Å²) in [5.41, 5.74) is -1.54. The molecule has 0 aliphatic heterocycles. The molecule has 0 unspecified atom stereocenters. The number of hydrogen-bond donors (Lipinski definition) is 1. The van der Waals surface area contributed by atoms with Crippen molar-refractivity contribution in [1.29, 1.82) is 0 Å². The van der Waals surface area contributed by atoms with E-state index in [2.05, 4.69) is 5.32 Å². The van der Waals surface area contributed by atoms with Crippen molar-refractivity contribution < 1.29 is 31.1 Å². The first kappa shape index (κ1) is 22.7. The van der Waals surface area contributed by atoms with Crippen LogP contribution in [0.5, 0.6) is 5.75 Å². The standard InChI is InChI=1S/C19H21F3N2O4S/c1-4-24(5-2)29(26,27)17-12-13(10-11-16(17)28-3)18(25)23-15-9-7-6-8-14(15)19(20,21)22/h6-12H,4-5H2,1-3H3,(H,23,25). The molecular formula is C19H21F3N2O4S. The Balaban J connectivity index is 2.46. The molecule has 0 fully saturated rings. The smallest absolute Gasteiger partial charge is 0.418 e. The second-order valence-electron chi connectivity index (χ2n) is 5.95. The molecule has 1 amide bonds. The minimum Gasteiger partial charge on any atom is -0.495 e. The Morgan fingerprint density at radius 3 is 2.28 bits per heavy atom. The zero-order chi connectivity index (χ0) is 21.8. The average molecular weight is 430 g/mol. The summed E-state index contributed by atoms with van der Waals surface area (Å²) in [6.45, 7) is 3.74. The average Bonchev–Trinajstić information content (AvgIpc) is 2.67. The summed E-state index contributed by atoms with van der Waals surface area (Å²) >= 11 is 0. The molecule has 0 aliphatic carbocycles. The monoisotopic (exact) mass is 430 g/mol. The quantitative estimate of drug-likeness (QED) is 0.721. The molecule has 0 aliphatic rings. The summed E-state index contributed by atoms with van der Waals surface area (Å²) in [7, 11) is -2.67.